The van der Waals surface area contributed by atoms with E-state index in [0.717, 1.165) is 12.4 Å². The smallest absolute Gasteiger partial charge is 0.0351 e. The highest BCUT2D eigenvalue weighted by Crippen LogP contribution is 2.05. The van der Waals surface area contributed by atoms with Gasteiger partial charge in [0.25, 0.3) is 0 Å². The summed E-state index contributed by atoms with van der Waals surface area (Å²) in [5.74, 6) is 0.776. The largest absolute Gasteiger partial charge is 0.302 e. The minimum atomic E-state index is 0.776. The molecule has 0 aliphatic rings. The summed E-state index contributed by atoms with van der Waals surface area (Å²) in [7, 11) is 0. The zero-order chi connectivity index (χ0) is 11.4. The molecule has 1 nitrogen and oxygen atoms in total. The van der Waals surface area contributed by atoms with Crippen molar-refractivity contribution in [3.8, 4) is 0 Å². The van der Waals surface area contributed by atoms with E-state index >= 15 is 0 Å². The summed E-state index contributed by atoms with van der Waals surface area (Å²) in [6.07, 6.45) is 9.46. The van der Waals surface area contributed by atoms with Gasteiger partial charge in [-0.15, -0.1) is 11.6 Å². The molecule has 0 rings (SSSR count). The highest BCUT2D eigenvalue weighted by Gasteiger charge is 2.02. The monoisotopic (exact) mass is 233 g/mol. The van der Waals surface area contributed by atoms with Crippen molar-refractivity contribution in [1.82, 2.24) is 4.90 Å². The fraction of sp³-hybridized carbons (Fsp3) is 1.00. The number of alkyl halides is 1. The molecule has 0 saturated heterocycles. The van der Waals surface area contributed by atoms with Crippen LogP contribution in [0.2, 0.25) is 0 Å². The Balaban J connectivity index is 3.38. The van der Waals surface area contributed by atoms with Gasteiger partial charge >= 0.3 is 0 Å². The molecule has 0 atom stereocenters. The summed E-state index contributed by atoms with van der Waals surface area (Å²) in [6.45, 7) is 8.06. The molecule has 15 heavy (non-hydrogen) atoms. The highest BCUT2D eigenvalue weighted by atomic mass is 35.5. The van der Waals surface area contributed by atoms with E-state index in [2.05, 4.69) is 18.7 Å². The molecule has 0 aromatic carbocycles. The Hall–Kier alpha value is 0.250. The lowest BCUT2D eigenvalue weighted by Gasteiger charge is -2.20. The van der Waals surface area contributed by atoms with Crippen LogP contribution in [0.1, 0.15) is 58.8 Å². The molecule has 0 N–H and O–H groups in total. The maximum absolute atomic E-state index is 5.80. The predicted octanol–water partition coefficient (Wildman–Crippen LogP) is 4.30. The van der Waals surface area contributed by atoms with E-state index in [4.69, 9.17) is 11.6 Å². The van der Waals surface area contributed by atoms with E-state index < -0.39 is 0 Å². The van der Waals surface area contributed by atoms with E-state index in [1.165, 1.54) is 58.0 Å². The van der Waals surface area contributed by atoms with Gasteiger partial charge in [-0.25, -0.2) is 0 Å². The Morgan fingerprint density at radius 1 is 0.733 bits per heavy atom. The van der Waals surface area contributed by atoms with Gasteiger partial charge in [0.2, 0.25) is 0 Å². The second-order valence-corrected chi connectivity index (χ2v) is 4.68. The molecule has 0 aromatic rings. The molecule has 0 fully saturated rings. The van der Waals surface area contributed by atoms with Crippen molar-refractivity contribution in [2.75, 3.05) is 25.5 Å². The molecule has 0 amide bonds. The third-order valence-corrected chi connectivity index (χ3v) is 2.98. The summed E-state index contributed by atoms with van der Waals surface area (Å²) in [5.41, 5.74) is 0. The average Bonchev–Trinajstić information content (AvgIpc) is 2.25. The topological polar surface area (TPSA) is 3.24 Å². The third kappa shape index (κ3) is 10.5. The number of nitrogens with zero attached hydrogens (tertiary/aromatic N) is 1. The van der Waals surface area contributed by atoms with Gasteiger partial charge in [0.15, 0.2) is 0 Å². The number of halogens is 1. The summed E-state index contributed by atoms with van der Waals surface area (Å²) in [6, 6.07) is 0. The first kappa shape index (κ1) is 15.2. The Bertz CT molecular complexity index is 117. The van der Waals surface area contributed by atoms with Crippen LogP contribution in [0.3, 0.4) is 0 Å². The molecule has 0 heterocycles. The standard InChI is InChI=1S/C13H28ClN/c1-3-5-7-8-9-12-15(13-10-14)11-6-4-2/h3-13H2,1-2H3. The zero-order valence-corrected chi connectivity index (χ0v) is 11.4. The quantitative estimate of drug-likeness (QED) is 0.380. The van der Waals surface area contributed by atoms with Gasteiger partial charge in [-0.05, 0) is 25.9 Å². The second kappa shape index (κ2) is 12.3. The average molecular weight is 234 g/mol. The van der Waals surface area contributed by atoms with Crippen molar-refractivity contribution in [3.05, 3.63) is 0 Å². The van der Waals surface area contributed by atoms with Crippen LogP contribution in [0.5, 0.6) is 0 Å². The Kier molecular flexibility index (Phi) is 12.5. The maximum atomic E-state index is 5.80. The van der Waals surface area contributed by atoms with Crippen LogP contribution in [0, 0.1) is 0 Å². The Labute approximate surface area is 101 Å². The van der Waals surface area contributed by atoms with Crippen LogP contribution in [0.4, 0.5) is 0 Å². The van der Waals surface area contributed by atoms with Crippen LogP contribution in [0.25, 0.3) is 0 Å². The van der Waals surface area contributed by atoms with Crippen molar-refractivity contribution in [2.24, 2.45) is 0 Å². The lowest BCUT2D eigenvalue weighted by molar-refractivity contribution is 0.278. The van der Waals surface area contributed by atoms with Crippen LogP contribution in [-0.2, 0) is 0 Å². The van der Waals surface area contributed by atoms with Gasteiger partial charge in [-0.1, -0.05) is 46.0 Å². The van der Waals surface area contributed by atoms with Crippen molar-refractivity contribution in [2.45, 2.75) is 58.8 Å². The molecule has 0 aliphatic carbocycles. The summed E-state index contributed by atoms with van der Waals surface area (Å²) < 4.78 is 0. The number of hydrogen-bond donors (Lipinski definition) is 0. The zero-order valence-electron chi connectivity index (χ0n) is 10.6. The lowest BCUT2D eigenvalue weighted by atomic mass is 10.1. The minimum Gasteiger partial charge on any atom is -0.302 e. The summed E-state index contributed by atoms with van der Waals surface area (Å²) >= 11 is 5.80. The molecule has 0 spiro atoms. The fourth-order valence-electron chi connectivity index (χ4n) is 1.78. The first-order valence-corrected chi connectivity index (χ1v) is 7.16. The Morgan fingerprint density at radius 2 is 1.33 bits per heavy atom. The number of unbranched alkanes of at least 4 members (excludes halogenated alkanes) is 5. The number of hydrogen-bond acceptors (Lipinski definition) is 1. The molecular formula is C13H28ClN. The molecule has 2 heteroatoms. The molecule has 0 aliphatic heterocycles. The normalized spacial score (nSPS) is 11.2. The SMILES string of the molecule is CCCCCCCN(CCCl)CCCC. The maximum Gasteiger partial charge on any atom is 0.0351 e. The van der Waals surface area contributed by atoms with Crippen molar-refractivity contribution in [3.63, 3.8) is 0 Å². The Morgan fingerprint density at radius 3 is 1.93 bits per heavy atom. The van der Waals surface area contributed by atoms with Gasteiger partial charge in [-0.2, -0.15) is 0 Å². The van der Waals surface area contributed by atoms with Crippen LogP contribution < -0.4 is 0 Å². The van der Waals surface area contributed by atoms with Crippen LogP contribution in [-0.4, -0.2) is 30.4 Å². The number of rotatable bonds is 11. The highest BCUT2D eigenvalue weighted by molar-refractivity contribution is 6.18. The first-order chi connectivity index (χ1) is 7.35. The van der Waals surface area contributed by atoms with Gasteiger partial charge in [0, 0.05) is 12.4 Å². The fourth-order valence-corrected chi connectivity index (χ4v) is 2.01. The van der Waals surface area contributed by atoms with E-state index in [1.54, 1.807) is 0 Å². The molecule has 0 saturated carbocycles. The van der Waals surface area contributed by atoms with Crippen molar-refractivity contribution >= 4 is 11.6 Å². The van der Waals surface area contributed by atoms with Crippen LogP contribution in [0.15, 0.2) is 0 Å². The van der Waals surface area contributed by atoms with Gasteiger partial charge in [-0.3, -0.25) is 0 Å². The molecule has 0 aromatic heterocycles. The molecular weight excluding hydrogens is 206 g/mol. The molecule has 92 valence electrons. The summed E-state index contributed by atoms with van der Waals surface area (Å²) in [5, 5.41) is 0. The van der Waals surface area contributed by atoms with E-state index in [0.29, 0.717) is 0 Å². The van der Waals surface area contributed by atoms with E-state index in [-0.39, 0.29) is 0 Å². The van der Waals surface area contributed by atoms with Gasteiger partial charge < -0.3 is 4.90 Å². The van der Waals surface area contributed by atoms with Crippen LogP contribution >= 0.6 is 11.6 Å². The van der Waals surface area contributed by atoms with Gasteiger partial charge in [0.05, 0.1) is 0 Å². The lowest BCUT2D eigenvalue weighted by Crippen LogP contribution is -2.28. The summed E-state index contributed by atoms with van der Waals surface area (Å²) in [4.78, 5) is 2.52. The van der Waals surface area contributed by atoms with Crippen molar-refractivity contribution < 1.29 is 0 Å². The van der Waals surface area contributed by atoms with E-state index in [9.17, 15) is 0 Å². The van der Waals surface area contributed by atoms with Crippen molar-refractivity contribution in [1.29, 1.82) is 0 Å². The molecule has 0 radical (unpaired) electrons. The van der Waals surface area contributed by atoms with E-state index in [1.807, 2.05) is 0 Å². The second-order valence-electron chi connectivity index (χ2n) is 4.30. The van der Waals surface area contributed by atoms with Gasteiger partial charge in [0.1, 0.15) is 0 Å². The third-order valence-electron chi connectivity index (χ3n) is 2.81. The molecule has 0 unspecified atom stereocenters. The minimum absolute atomic E-state index is 0.776. The predicted molar refractivity (Wildman–Crippen MR) is 70.8 cm³/mol. The molecule has 0 bridgehead atoms. The first-order valence-electron chi connectivity index (χ1n) is 6.63.